The van der Waals surface area contributed by atoms with Gasteiger partial charge in [0.25, 0.3) is 0 Å². The standard InChI is InChI=1S/C17H26N6O2/c1-4-13-12(14(5-2)22(3)20-13)9-16(24)23-8-6-7-17(25,11-23)15-10-18-21-19-15/h10,25H,4-9,11H2,1-3H3,(H,18,19,21)/t17-/m1/s1. The molecule has 2 aromatic rings. The smallest absolute Gasteiger partial charge is 0.227 e. The van der Waals surface area contributed by atoms with E-state index in [1.54, 1.807) is 4.90 Å². The fraction of sp³-hybridized carbons (Fsp3) is 0.647. The van der Waals surface area contributed by atoms with Gasteiger partial charge in [-0.15, -0.1) is 0 Å². The summed E-state index contributed by atoms with van der Waals surface area (Å²) >= 11 is 0. The van der Waals surface area contributed by atoms with Crippen LogP contribution in [0.25, 0.3) is 0 Å². The Morgan fingerprint density at radius 1 is 1.40 bits per heavy atom. The van der Waals surface area contributed by atoms with Gasteiger partial charge in [-0.05, 0) is 25.7 Å². The van der Waals surface area contributed by atoms with Crippen molar-refractivity contribution in [1.82, 2.24) is 30.1 Å². The average molecular weight is 346 g/mol. The minimum Gasteiger partial charge on any atom is -0.382 e. The maximum Gasteiger partial charge on any atom is 0.227 e. The van der Waals surface area contributed by atoms with Crippen LogP contribution in [0, 0.1) is 0 Å². The molecule has 25 heavy (non-hydrogen) atoms. The quantitative estimate of drug-likeness (QED) is 0.831. The average Bonchev–Trinajstić information content (AvgIpc) is 3.23. The Hall–Kier alpha value is -2.22. The first-order valence-corrected chi connectivity index (χ1v) is 8.88. The predicted octanol–water partition coefficient (Wildman–Crippen LogP) is 0.716. The molecule has 1 amide bonds. The molecule has 3 heterocycles. The highest BCUT2D eigenvalue weighted by Gasteiger charge is 2.39. The molecule has 0 radical (unpaired) electrons. The van der Waals surface area contributed by atoms with Crippen LogP contribution in [0.1, 0.15) is 49.3 Å². The number of likely N-dealkylation sites (tertiary alicyclic amines) is 1. The number of nitrogens with one attached hydrogen (secondary N) is 1. The second kappa shape index (κ2) is 6.95. The molecule has 0 saturated carbocycles. The first-order chi connectivity index (χ1) is 12.0. The Kier molecular flexibility index (Phi) is 4.89. The van der Waals surface area contributed by atoms with Gasteiger partial charge in [-0.1, -0.05) is 13.8 Å². The molecule has 3 rings (SSSR count). The summed E-state index contributed by atoms with van der Waals surface area (Å²) in [5, 5.41) is 25.8. The Morgan fingerprint density at radius 2 is 2.20 bits per heavy atom. The number of nitrogens with zero attached hydrogens (tertiary/aromatic N) is 5. The van der Waals surface area contributed by atoms with E-state index in [4.69, 9.17) is 0 Å². The predicted molar refractivity (Wildman–Crippen MR) is 91.8 cm³/mol. The van der Waals surface area contributed by atoms with Gasteiger partial charge in [0.15, 0.2) is 0 Å². The number of carbonyl (C=O) groups is 1. The van der Waals surface area contributed by atoms with Gasteiger partial charge >= 0.3 is 0 Å². The molecular formula is C17H26N6O2. The number of aliphatic hydroxyl groups is 1. The van der Waals surface area contributed by atoms with Gasteiger partial charge in [0.2, 0.25) is 5.91 Å². The Bertz CT molecular complexity index is 739. The molecule has 0 aromatic carbocycles. The maximum absolute atomic E-state index is 12.9. The highest BCUT2D eigenvalue weighted by atomic mass is 16.3. The van der Waals surface area contributed by atoms with E-state index >= 15 is 0 Å². The number of hydrogen-bond acceptors (Lipinski definition) is 5. The van der Waals surface area contributed by atoms with E-state index in [1.165, 1.54) is 6.20 Å². The minimum atomic E-state index is -1.13. The molecule has 0 unspecified atom stereocenters. The molecule has 1 saturated heterocycles. The monoisotopic (exact) mass is 346 g/mol. The summed E-state index contributed by atoms with van der Waals surface area (Å²) in [5.41, 5.74) is 2.49. The van der Waals surface area contributed by atoms with E-state index in [2.05, 4.69) is 34.4 Å². The second-order valence-corrected chi connectivity index (χ2v) is 6.69. The molecule has 2 aromatic heterocycles. The first-order valence-electron chi connectivity index (χ1n) is 8.88. The fourth-order valence-electron chi connectivity index (χ4n) is 3.74. The molecule has 8 heteroatoms. The van der Waals surface area contributed by atoms with Gasteiger partial charge in [-0.2, -0.15) is 20.5 Å². The highest BCUT2D eigenvalue weighted by Crippen LogP contribution is 2.30. The number of aryl methyl sites for hydroxylation is 2. The zero-order chi connectivity index (χ0) is 18.0. The summed E-state index contributed by atoms with van der Waals surface area (Å²) < 4.78 is 1.88. The van der Waals surface area contributed by atoms with Gasteiger partial charge in [0.1, 0.15) is 11.3 Å². The SMILES string of the molecule is CCc1nn(C)c(CC)c1CC(=O)N1CCC[C@](O)(c2cn[nH]n2)C1. The first kappa shape index (κ1) is 17.6. The summed E-state index contributed by atoms with van der Waals surface area (Å²) in [7, 11) is 1.93. The van der Waals surface area contributed by atoms with Gasteiger partial charge in [-0.25, -0.2) is 0 Å². The minimum absolute atomic E-state index is 0.0269. The van der Waals surface area contributed by atoms with Crippen molar-refractivity contribution in [1.29, 1.82) is 0 Å². The van der Waals surface area contributed by atoms with Crippen molar-refractivity contribution in [3.8, 4) is 0 Å². The molecule has 1 fully saturated rings. The normalized spacial score (nSPS) is 20.9. The number of hydrogen-bond donors (Lipinski definition) is 2. The lowest BCUT2D eigenvalue weighted by atomic mass is 9.89. The van der Waals surface area contributed by atoms with Crippen LogP contribution in [0.3, 0.4) is 0 Å². The molecule has 1 aliphatic heterocycles. The third-order valence-electron chi connectivity index (χ3n) is 5.07. The van der Waals surface area contributed by atoms with Gasteiger partial charge in [-0.3, -0.25) is 9.48 Å². The number of rotatable bonds is 5. The Balaban J connectivity index is 1.78. The molecule has 2 N–H and O–H groups in total. The van der Waals surface area contributed by atoms with Crippen molar-refractivity contribution in [2.24, 2.45) is 7.05 Å². The van der Waals surface area contributed by atoms with E-state index < -0.39 is 5.60 Å². The summed E-state index contributed by atoms with van der Waals surface area (Å²) in [4.78, 5) is 14.6. The van der Waals surface area contributed by atoms with Crippen molar-refractivity contribution in [3.05, 3.63) is 28.8 Å². The van der Waals surface area contributed by atoms with Crippen molar-refractivity contribution >= 4 is 5.91 Å². The number of piperidine rings is 1. The number of carbonyl (C=O) groups excluding carboxylic acids is 1. The fourth-order valence-corrected chi connectivity index (χ4v) is 3.74. The van der Waals surface area contributed by atoms with Gasteiger partial charge < -0.3 is 10.0 Å². The number of aromatic nitrogens is 5. The van der Waals surface area contributed by atoms with Crippen molar-refractivity contribution in [2.45, 2.75) is 51.6 Å². The van der Waals surface area contributed by atoms with Crippen LogP contribution in [0.4, 0.5) is 0 Å². The summed E-state index contributed by atoms with van der Waals surface area (Å²) in [5.74, 6) is 0.0269. The molecule has 0 spiro atoms. The highest BCUT2D eigenvalue weighted by molar-refractivity contribution is 5.79. The number of β-amino-alcohol motifs (C(OH)–C–C–N with tert-alkyl or cyclic N) is 1. The van der Waals surface area contributed by atoms with Crippen LogP contribution in [0.15, 0.2) is 6.20 Å². The summed E-state index contributed by atoms with van der Waals surface area (Å²) in [6, 6.07) is 0. The van der Waals surface area contributed by atoms with E-state index in [0.717, 1.165) is 36.2 Å². The van der Waals surface area contributed by atoms with Crippen molar-refractivity contribution in [2.75, 3.05) is 13.1 Å². The third kappa shape index (κ3) is 3.30. The lowest BCUT2D eigenvalue weighted by Gasteiger charge is -2.38. The van der Waals surface area contributed by atoms with E-state index in [-0.39, 0.29) is 12.5 Å². The molecule has 8 nitrogen and oxygen atoms in total. The van der Waals surface area contributed by atoms with Crippen LogP contribution in [-0.4, -0.2) is 54.2 Å². The van der Waals surface area contributed by atoms with Crippen LogP contribution in [0.5, 0.6) is 0 Å². The van der Waals surface area contributed by atoms with Crippen LogP contribution in [0.2, 0.25) is 0 Å². The number of aromatic amines is 1. The van der Waals surface area contributed by atoms with Gasteiger partial charge in [0, 0.05) is 24.8 Å². The van der Waals surface area contributed by atoms with Crippen LogP contribution >= 0.6 is 0 Å². The second-order valence-electron chi connectivity index (χ2n) is 6.69. The molecule has 0 bridgehead atoms. The van der Waals surface area contributed by atoms with Crippen LogP contribution in [-0.2, 0) is 36.7 Å². The molecule has 0 aliphatic carbocycles. The Morgan fingerprint density at radius 3 is 2.84 bits per heavy atom. The molecule has 1 aliphatic rings. The number of H-pyrrole nitrogens is 1. The number of amides is 1. The third-order valence-corrected chi connectivity index (χ3v) is 5.07. The maximum atomic E-state index is 12.9. The topological polar surface area (TPSA) is 99.9 Å². The summed E-state index contributed by atoms with van der Waals surface area (Å²) in [6.07, 6.45) is 4.82. The van der Waals surface area contributed by atoms with E-state index in [0.29, 0.717) is 25.1 Å². The zero-order valence-electron chi connectivity index (χ0n) is 15.1. The summed E-state index contributed by atoms with van der Waals surface area (Å²) in [6.45, 7) is 5.04. The molecular weight excluding hydrogens is 320 g/mol. The van der Waals surface area contributed by atoms with E-state index in [1.807, 2.05) is 11.7 Å². The molecule has 1 atom stereocenters. The van der Waals surface area contributed by atoms with Crippen LogP contribution < -0.4 is 0 Å². The Labute approximate surface area is 147 Å². The van der Waals surface area contributed by atoms with Crippen molar-refractivity contribution in [3.63, 3.8) is 0 Å². The lowest BCUT2D eigenvalue weighted by molar-refractivity contribution is -0.138. The van der Waals surface area contributed by atoms with Gasteiger partial charge in [0.05, 0.1) is 24.9 Å². The van der Waals surface area contributed by atoms with E-state index in [9.17, 15) is 9.90 Å². The largest absolute Gasteiger partial charge is 0.382 e. The van der Waals surface area contributed by atoms with Crippen molar-refractivity contribution < 1.29 is 9.90 Å². The lowest BCUT2D eigenvalue weighted by Crippen LogP contribution is -2.49. The zero-order valence-corrected chi connectivity index (χ0v) is 15.1. The molecule has 136 valence electrons.